The van der Waals surface area contributed by atoms with Crippen LogP contribution in [0.5, 0.6) is 0 Å². The lowest BCUT2D eigenvalue weighted by Crippen LogP contribution is -2.34. The first-order chi connectivity index (χ1) is 11.2. The second kappa shape index (κ2) is 8.06. The summed E-state index contributed by atoms with van der Waals surface area (Å²) in [6, 6.07) is 14.3. The van der Waals surface area contributed by atoms with Crippen molar-refractivity contribution in [3.63, 3.8) is 0 Å². The van der Waals surface area contributed by atoms with E-state index in [0.29, 0.717) is 12.6 Å². The summed E-state index contributed by atoms with van der Waals surface area (Å²) in [6.45, 7) is 5.42. The van der Waals surface area contributed by atoms with E-state index in [-0.39, 0.29) is 0 Å². The van der Waals surface area contributed by atoms with Crippen LogP contribution in [0.25, 0.3) is 0 Å². The van der Waals surface area contributed by atoms with E-state index in [9.17, 15) is 5.11 Å². The van der Waals surface area contributed by atoms with Crippen LogP contribution in [0.3, 0.4) is 0 Å². The lowest BCUT2D eigenvalue weighted by Gasteiger charge is -2.27. The number of aliphatic hydroxyl groups is 1. The number of benzene rings is 1. The molecule has 0 spiro atoms. The summed E-state index contributed by atoms with van der Waals surface area (Å²) < 4.78 is 5.79. The van der Waals surface area contributed by atoms with Crippen LogP contribution in [0.4, 0.5) is 0 Å². The van der Waals surface area contributed by atoms with E-state index in [1.807, 2.05) is 41.7 Å². The van der Waals surface area contributed by atoms with Crippen molar-refractivity contribution in [2.24, 2.45) is 0 Å². The Kier molecular flexibility index (Phi) is 5.84. The molecule has 1 saturated heterocycles. The van der Waals surface area contributed by atoms with E-state index in [0.717, 1.165) is 38.1 Å². The molecule has 2 aromatic rings. The monoisotopic (exact) mass is 331 g/mol. The van der Waals surface area contributed by atoms with Gasteiger partial charge in [-0.3, -0.25) is 4.90 Å². The molecule has 124 valence electrons. The summed E-state index contributed by atoms with van der Waals surface area (Å²) in [5.41, 5.74) is 0.979. The molecule has 2 unspecified atom stereocenters. The van der Waals surface area contributed by atoms with Crippen molar-refractivity contribution >= 4 is 11.3 Å². The van der Waals surface area contributed by atoms with Crippen molar-refractivity contribution < 1.29 is 9.84 Å². The minimum absolute atomic E-state index is 0.305. The highest BCUT2D eigenvalue weighted by Crippen LogP contribution is 2.22. The van der Waals surface area contributed by atoms with Gasteiger partial charge in [-0.05, 0) is 37.5 Å². The van der Waals surface area contributed by atoms with E-state index in [2.05, 4.69) is 24.0 Å². The molecule has 1 aliphatic heterocycles. The maximum atomic E-state index is 10.6. The van der Waals surface area contributed by atoms with Gasteiger partial charge in [0.2, 0.25) is 0 Å². The quantitative estimate of drug-likeness (QED) is 0.838. The minimum atomic E-state index is -0.460. The predicted octanol–water partition coefficient (Wildman–Crippen LogP) is 3.77. The number of ether oxygens (including phenoxy) is 1. The third kappa shape index (κ3) is 4.88. The van der Waals surface area contributed by atoms with Crippen molar-refractivity contribution in [1.82, 2.24) is 4.90 Å². The number of rotatable bonds is 7. The molecule has 1 aliphatic rings. The Bertz CT molecular complexity index is 592. The van der Waals surface area contributed by atoms with E-state index in [1.165, 1.54) is 9.75 Å². The van der Waals surface area contributed by atoms with Gasteiger partial charge >= 0.3 is 0 Å². The van der Waals surface area contributed by atoms with Crippen LogP contribution < -0.4 is 0 Å². The van der Waals surface area contributed by atoms with Crippen molar-refractivity contribution in [3.05, 3.63) is 57.8 Å². The fourth-order valence-electron chi connectivity index (χ4n) is 3.10. The second-order valence-electron chi connectivity index (χ2n) is 6.27. The summed E-state index contributed by atoms with van der Waals surface area (Å²) in [5.74, 6) is 0. The molecular formula is C19H25NO2S. The van der Waals surface area contributed by atoms with Crippen LogP contribution in [0, 0.1) is 6.92 Å². The predicted molar refractivity (Wildman–Crippen MR) is 94.7 cm³/mol. The first-order valence-electron chi connectivity index (χ1n) is 8.33. The molecule has 0 bridgehead atoms. The molecule has 0 radical (unpaired) electrons. The molecule has 3 nitrogen and oxygen atoms in total. The van der Waals surface area contributed by atoms with Crippen molar-refractivity contribution in [2.75, 3.05) is 19.7 Å². The van der Waals surface area contributed by atoms with E-state index < -0.39 is 6.10 Å². The molecule has 0 saturated carbocycles. The normalized spacial score (nSPS) is 19.3. The van der Waals surface area contributed by atoms with Gasteiger partial charge in [0, 0.05) is 36.0 Å². The standard InChI is InChI=1S/C19H25NO2S/c1-15-9-10-18(23-15)13-20(12-17-8-5-11-22-17)14-19(21)16-6-3-2-4-7-16/h2-4,6-7,9-10,17,19,21H,5,8,11-14H2,1H3. The molecule has 23 heavy (non-hydrogen) atoms. The van der Waals surface area contributed by atoms with Gasteiger partial charge in [0.05, 0.1) is 12.2 Å². The van der Waals surface area contributed by atoms with Gasteiger partial charge in [0.15, 0.2) is 0 Å². The van der Waals surface area contributed by atoms with Crippen LogP contribution >= 0.6 is 11.3 Å². The fraction of sp³-hybridized carbons (Fsp3) is 0.474. The minimum Gasteiger partial charge on any atom is -0.387 e. The second-order valence-corrected chi connectivity index (χ2v) is 7.64. The van der Waals surface area contributed by atoms with Crippen LogP contribution in [0.15, 0.2) is 42.5 Å². The number of hydrogen-bond acceptors (Lipinski definition) is 4. The van der Waals surface area contributed by atoms with E-state index in [4.69, 9.17) is 4.74 Å². The highest BCUT2D eigenvalue weighted by atomic mass is 32.1. The van der Waals surface area contributed by atoms with Gasteiger partial charge in [-0.15, -0.1) is 11.3 Å². The Labute approximate surface area is 142 Å². The maximum absolute atomic E-state index is 10.6. The smallest absolute Gasteiger partial charge is 0.0917 e. The van der Waals surface area contributed by atoms with Gasteiger partial charge in [-0.2, -0.15) is 0 Å². The van der Waals surface area contributed by atoms with Gasteiger partial charge in [-0.1, -0.05) is 30.3 Å². The number of aryl methyl sites for hydroxylation is 1. The number of nitrogens with zero attached hydrogens (tertiary/aromatic N) is 1. The molecule has 1 aromatic carbocycles. The number of aliphatic hydroxyl groups excluding tert-OH is 1. The average Bonchev–Trinajstić information content (AvgIpc) is 3.20. The topological polar surface area (TPSA) is 32.7 Å². The summed E-state index contributed by atoms with van der Waals surface area (Å²) in [5, 5.41) is 10.6. The Hall–Kier alpha value is -1.20. The molecule has 4 heteroatoms. The summed E-state index contributed by atoms with van der Waals surface area (Å²) in [6.07, 6.45) is 2.12. The summed E-state index contributed by atoms with van der Waals surface area (Å²) >= 11 is 1.83. The van der Waals surface area contributed by atoms with Crippen molar-refractivity contribution in [1.29, 1.82) is 0 Å². The van der Waals surface area contributed by atoms with Gasteiger partial charge in [0.25, 0.3) is 0 Å². The largest absolute Gasteiger partial charge is 0.387 e. The third-order valence-corrected chi connectivity index (χ3v) is 5.26. The molecule has 2 atom stereocenters. The van der Waals surface area contributed by atoms with E-state index >= 15 is 0 Å². The third-order valence-electron chi connectivity index (χ3n) is 4.28. The number of thiophene rings is 1. The highest BCUT2D eigenvalue weighted by Gasteiger charge is 2.22. The Morgan fingerprint density at radius 3 is 2.74 bits per heavy atom. The first kappa shape index (κ1) is 16.7. The lowest BCUT2D eigenvalue weighted by molar-refractivity contribution is 0.0464. The molecule has 0 aliphatic carbocycles. The summed E-state index contributed by atoms with van der Waals surface area (Å²) in [4.78, 5) is 5.01. The zero-order valence-corrected chi connectivity index (χ0v) is 14.5. The number of hydrogen-bond donors (Lipinski definition) is 1. The molecule has 1 fully saturated rings. The molecule has 2 heterocycles. The molecule has 1 aromatic heterocycles. The SMILES string of the molecule is Cc1ccc(CN(CC2CCCO2)CC(O)c2ccccc2)s1. The zero-order valence-electron chi connectivity index (χ0n) is 13.6. The Morgan fingerprint density at radius 1 is 1.26 bits per heavy atom. The lowest BCUT2D eigenvalue weighted by atomic mass is 10.1. The zero-order chi connectivity index (χ0) is 16.1. The van der Waals surface area contributed by atoms with Gasteiger partial charge in [-0.25, -0.2) is 0 Å². The fourth-order valence-corrected chi connectivity index (χ4v) is 4.03. The first-order valence-corrected chi connectivity index (χ1v) is 9.14. The van der Waals surface area contributed by atoms with E-state index in [1.54, 1.807) is 0 Å². The van der Waals surface area contributed by atoms with Crippen LogP contribution in [-0.2, 0) is 11.3 Å². The highest BCUT2D eigenvalue weighted by molar-refractivity contribution is 7.11. The van der Waals surface area contributed by atoms with Gasteiger partial charge < -0.3 is 9.84 Å². The van der Waals surface area contributed by atoms with Crippen molar-refractivity contribution in [2.45, 2.75) is 38.5 Å². The summed E-state index contributed by atoms with van der Waals surface area (Å²) in [7, 11) is 0. The van der Waals surface area contributed by atoms with Crippen molar-refractivity contribution in [3.8, 4) is 0 Å². The molecule has 1 N–H and O–H groups in total. The molecule has 3 rings (SSSR count). The maximum Gasteiger partial charge on any atom is 0.0917 e. The Balaban J connectivity index is 1.66. The molecular weight excluding hydrogens is 306 g/mol. The van der Waals surface area contributed by atoms with Crippen LogP contribution in [-0.4, -0.2) is 35.8 Å². The molecule has 0 amide bonds. The Morgan fingerprint density at radius 2 is 2.09 bits per heavy atom. The van der Waals surface area contributed by atoms with Gasteiger partial charge in [0.1, 0.15) is 0 Å². The van der Waals surface area contributed by atoms with Crippen LogP contribution in [0.2, 0.25) is 0 Å². The average molecular weight is 331 g/mol. The van der Waals surface area contributed by atoms with Crippen LogP contribution in [0.1, 0.15) is 34.3 Å².